The molecule has 0 spiro atoms. The van der Waals surface area contributed by atoms with Crippen LogP contribution < -0.4 is 5.32 Å². The summed E-state index contributed by atoms with van der Waals surface area (Å²) >= 11 is 12.5. The molecule has 2 saturated heterocycles. The van der Waals surface area contributed by atoms with E-state index in [-0.39, 0.29) is 30.1 Å². The Labute approximate surface area is 215 Å². The van der Waals surface area contributed by atoms with Gasteiger partial charge in [-0.05, 0) is 55.3 Å². The molecule has 35 heavy (non-hydrogen) atoms. The molecule has 0 aliphatic carbocycles. The fourth-order valence-electron chi connectivity index (χ4n) is 5.19. The second-order valence-electron chi connectivity index (χ2n) is 9.71. The van der Waals surface area contributed by atoms with E-state index in [2.05, 4.69) is 5.32 Å². The summed E-state index contributed by atoms with van der Waals surface area (Å²) in [7, 11) is 1.68. The number of halogens is 3. The minimum Gasteiger partial charge on any atom is -0.378 e. The maximum Gasteiger partial charge on any atom is 0.250 e. The van der Waals surface area contributed by atoms with E-state index < -0.39 is 11.0 Å². The van der Waals surface area contributed by atoms with Gasteiger partial charge in [0, 0.05) is 49.2 Å². The van der Waals surface area contributed by atoms with Crippen molar-refractivity contribution in [1.29, 1.82) is 0 Å². The Morgan fingerprint density at radius 1 is 1.11 bits per heavy atom. The van der Waals surface area contributed by atoms with Gasteiger partial charge in [0.2, 0.25) is 5.91 Å². The average Bonchev–Trinajstić information content (AvgIpc) is 3.29. The highest BCUT2D eigenvalue weighted by molar-refractivity contribution is 6.34. The molecular weight excluding hydrogens is 492 g/mol. The lowest BCUT2D eigenvalue weighted by atomic mass is 9.76. The summed E-state index contributed by atoms with van der Waals surface area (Å²) in [5.74, 6) is -1.11. The predicted octanol–water partition coefficient (Wildman–Crippen LogP) is 3.85. The van der Waals surface area contributed by atoms with Crippen LogP contribution in [-0.4, -0.2) is 73.6 Å². The molecule has 9 heteroatoms. The van der Waals surface area contributed by atoms with Gasteiger partial charge in [0.25, 0.3) is 5.91 Å². The van der Waals surface area contributed by atoms with E-state index in [4.69, 9.17) is 27.9 Å². The molecular formula is C26H30Cl2FN3O3. The first-order valence-corrected chi connectivity index (χ1v) is 12.4. The molecule has 2 atom stereocenters. The van der Waals surface area contributed by atoms with E-state index >= 15 is 0 Å². The van der Waals surface area contributed by atoms with Crippen LogP contribution in [0.25, 0.3) is 0 Å². The zero-order valence-corrected chi connectivity index (χ0v) is 21.6. The molecule has 0 aromatic heterocycles. The van der Waals surface area contributed by atoms with Gasteiger partial charge in [-0.3, -0.25) is 9.59 Å². The fourth-order valence-corrected chi connectivity index (χ4v) is 5.71. The summed E-state index contributed by atoms with van der Waals surface area (Å²) in [6.45, 7) is 6.15. The molecule has 0 radical (unpaired) electrons. The van der Waals surface area contributed by atoms with Crippen molar-refractivity contribution in [3.05, 3.63) is 69.5 Å². The van der Waals surface area contributed by atoms with Gasteiger partial charge in [-0.1, -0.05) is 35.3 Å². The average molecular weight is 522 g/mol. The van der Waals surface area contributed by atoms with E-state index in [0.29, 0.717) is 48.5 Å². The minimum atomic E-state index is -1.20. The van der Waals surface area contributed by atoms with Gasteiger partial charge in [0.05, 0.1) is 18.6 Å². The van der Waals surface area contributed by atoms with Crippen molar-refractivity contribution in [2.45, 2.75) is 30.7 Å². The number of ether oxygens (including phenoxy) is 1. The summed E-state index contributed by atoms with van der Waals surface area (Å²) in [4.78, 5) is 31.7. The molecule has 2 aliphatic heterocycles. The Balaban J connectivity index is 1.78. The largest absolute Gasteiger partial charge is 0.378 e. The second-order valence-corrected chi connectivity index (χ2v) is 10.6. The van der Waals surface area contributed by atoms with Crippen LogP contribution in [0.4, 0.5) is 4.39 Å². The number of hydrogen-bond donors (Lipinski definition) is 1. The van der Waals surface area contributed by atoms with Gasteiger partial charge in [-0.2, -0.15) is 0 Å². The van der Waals surface area contributed by atoms with Crippen LogP contribution in [0.15, 0.2) is 42.5 Å². The van der Waals surface area contributed by atoms with Crippen molar-refractivity contribution >= 4 is 35.0 Å². The maximum atomic E-state index is 14.2. The number of carbonyl (C=O) groups excluding carboxylic acids is 2. The molecule has 2 heterocycles. The molecule has 0 unspecified atom stereocenters. The van der Waals surface area contributed by atoms with Gasteiger partial charge >= 0.3 is 0 Å². The monoisotopic (exact) mass is 521 g/mol. The molecule has 2 aromatic rings. The number of morpholine rings is 1. The number of likely N-dealkylation sites (N-methyl/N-ethyl adjacent to an activating group) is 1. The third kappa shape index (κ3) is 4.79. The summed E-state index contributed by atoms with van der Waals surface area (Å²) in [6.07, 6.45) is 0. The number of carbonyl (C=O) groups is 2. The van der Waals surface area contributed by atoms with Crippen LogP contribution >= 0.6 is 23.2 Å². The Hall–Kier alpha value is -2.19. The van der Waals surface area contributed by atoms with Crippen molar-refractivity contribution in [2.24, 2.45) is 0 Å². The maximum absolute atomic E-state index is 14.2. The fraction of sp³-hybridized carbons (Fsp3) is 0.462. The third-order valence-electron chi connectivity index (χ3n) is 7.28. The molecule has 2 aliphatic rings. The molecule has 1 N–H and O–H groups in total. The van der Waals surface area contributed by atoms with E-state index in [1.54, 1.807) is 61.0 Å². The molecule has 0 saturated carbocycles. The van der Waals surface area contributed by atoms with Crippen molar-refractivity contribution in [2.75, 3.05) is 46.4 Å². The highest BCUT2D eigenvalue weighted by Gasteiger charge is 2.57. The zero-order valence-electron chi connectivity index (χ0n) is 20.1. The van der Waals surface area contributed by atoms with Crippen molar-refractivity contribution < 1.29 is 18.7 Å². The van der Waals surface area contributed by atoms with Crippen molar-refractivity contribution in [3.8, 4) is 0 Å². The predicted molar refractivity (Wildman–Crippen MR) is 134 cm³/mol. The van der Waals surface area contributed by atoms with E-state index in [1.807, 2.05) is 0 Å². The molecule has 0 bridgehead atoms. The number of benzene rings is 2. The summed E-state index contributed by atoms with van der Waals surface area (Å²) < 4.78 is 19.2. The molecule has 6 nitrogen and oxygen atoms in total. The molecule has 2 aromatic carbocycles. The first-order chi connectivity index (χ1) is 16.6. The van der Waals surface area contributed by atoms with Crippen LogP contribution in [0.1, 0.15) is 30.9 Å². The lowest BCUT2D eigenvalue weighted by Gasteiger charge is -2.47. The molecule has 4 rings (SSSR count). The summed E-state index contributed by atoms with van der Waals surface area (Å²) in [5, 5.41) is 4.20. The number of hydrogen-bond acceptors (Lipinski definition) is 4. The first-order valence-electron chi connectivity index (χ1n) is 11.7. The summed E-state index contributed by atoms with van der Waals surface area (Å²) in [5.41, 5.74) is -0.768. The lowest BCUT2D eigenvalue weighted by Crippen LogP contribution is -2.66. The number of nitrogens with zero attached hydrogens (tertiary/aromatic N) is 2. The third-order valence-corrected chi connectivity index (χ3v) is 7.72. The standard InChI is InChI=1S/C26H30Cl2FN3O3/c1-25(2,18-12-19(27)14-20(28)13-18)23(33)31(3)26(24(34)32-8-10-35-11-9-32)16-30-15-22(26)17-4-6-21(29)7-5-17/h4-7,12-14,22,30H,8-11,15-16H2,1-3H3/t22-,26+/m0/s1. The number of amides is 2. The van der Waals surface area contributed by atoms with E-state index in [1.165, 1.54) is 12.1 Å². The Bertz CT molecular complexity index is 1090. The van der Waals surface area contributed by atoms with Crippen LogP contribution in [0, 0.1) is 5.82 Å². The highest BCUT2D eigenvalue weighted by Crippen LogP contribution is 2.41. The SMILES string of the molecule is CN(C(=O)C(C)(C)c1cc(Cl)cc(Cl)c1)[C@]1(C(=O)N2CCOCC2)CNC[C@H]1c1ccc(F)cc1. The van der Waals surface area contributed by atoms with Crippen LogP contribution in [0.3, 0.4) is 0 Å². The highest BCUT2D eigenvalue weighted by atomic mass is 35.5. The quantitative estimate of drug-likeness (QED) is 0.648. The van der Waals surface area contributed by atoms with Gasteiger partial charge in [0.15, 0.2) is 0 Å². The Morgan fingerprint density at radius 2 is 1.71 bits per heavy atom. The Kier molecular flexibility index (Phi) is 7.44. The normalized spacial score (nSPS) is 22.8. The van der Waals surface area contributed by atoms with Crippen molar-refractivity contribution in [1.82, 2.24) is 15.1 Å². The molecule has 188 valence electrons. The molecule has 2 fully saturated rings. The van der Waals surface area contributed by atoms with E-state index in [9.17, 15) is 14.0 Å². The minimum absolute atomic E-state index is 0.143. The van der Waals surface area contributed by atoms with Gasteiger partial charge in [0.1, 0.15) is 11.4 Å². The summed E-state index contributed by atoms with van der Waals surface area (Å²) in [6, 6.07) is 11.2. The number of nitrogens with one attached hydrogen (secondary N) is 1. The van der Waals surface area contributed by atoms with Crippen molar-refractivity contribution in [3.63, 3.8) is 0 Å². The molecule has 2 amide bonds. The van der Waals surface area contributed by atoms with Crippen LogP contribution in [0.2, 0.25) is 10.0 Å². The van der Waals surface area contributed by atoms with Crippen LogP contribution in [0.5, 0.6) is 0 Å². The van der Waals surface area contributed by atoms with Gasteiger partial charge in [-0.15, -0.1) is 0 Å². The zero-order chi connectivity index (χ0) is 25.4. The lowest BCUT2D eigenvalue weighted by molar-refractivity contribution is -0.157. The Morgan fingerprint density at radius 3 is 2.31 bits per heavy atom. The second kappa shape index (κ2) is 10.1. The van der Waals surface area contributed by atoms with Gasteiger partial charge < -0.3 is 19.9 Å². The smallest absolute Gasteiger partial charge is 0.250 e. The number of rotatable bonds is 5. The van der Waals surface area contributed by atoms with Crippen LogP contribution in [-0.2, 0) is 19.7 Å². The van der Waals surface area contributed by atoms with E-state index in [0.717, 1.165) is 5.56 Å². The topological polar surface area (TPSA) is 61.9 Å². The first kappa shape index (κ1) is 25.9. The van der Waals surface area contributed by atoms with Gasteiger partial charge in [-0.25, -0.2) is 4.39 Å².